The lowest BCUT2D eigenvalue weighted by Crippen LogP contribution is -2.55. The molecule has 1 fully saturated rings. The number of ether oxygens (including phenoxy) is 1. The number of benzene rings is 1. The second-order valence-corrected chi connectivity index (χ2v) is 6.10. The van der Waals surface area contributed by atoms with E-state index in [-0.39, 0.29) is 5.97 Å². The topological polar surface area (TPSA) is 29.5 Å². The largest absolute Gasteiger partial charge is 0.465 e. The van der Waals surface area contributed by atoms with Gasteiger partial charge in [-0.3, -0.25) is 4.79 Å². The van der Waals surface area contributed by atoms with E-state index >= 15 is 0 Å². The number of likely N-dealkylation sites (tertiary alicyclic amines) is 1. The molecular formula is C17H23NO2. The minimum Gasteiger partial charge on any atom is -0.465 e. The van der Waals surface area contributed by atoms with Gasteiger partial charge in [0.15, 0.2) is 0 Å². The van der Waals surface area contributed by atoms with E-state index in [1.807, 2.05) is 6.92 Å². The molecule has 3 nitrogen and oxygen atoms in total. The molecule has 1 aliphatic heterocycles. The summed E-state index contributed by atoms with van der Waals surface area (Å²) in [5, 5.41) is 0. The molecule has 1 aromatic rings. The van der Waals surface area contributed by atoms with Crippen LogP contribution in [0.2, 0.25) is 0 Å². The zero-order valence-electron chi connectivity index (χ0n) is 12.4. The van der Waals surface area contributed by atoms with Crippen LogP contribution < -0.4 is 0 Å². The van der Waals surface area contributed by atoms with Crippen molar-refractivity contribution >= 4 is 5.97 Å². The molecule has 0 aromatic heterocycles. The summed E-state index contributed by atoms with van der Waals surface area (Å²) in [6.45, 7) is 4.31. The third-order valence-corrected chi connectivity index (χ3v) is 5.02. The predicted octanol–water partition coefficient (Wildman–Crippen LogP) is 2.39. The molecule has 0 N–H and O–H groups in total. The van der Waals surface area contributed by atoms with E-state index in [0.29, 0.717) is 12.5 Å². The van der Waals surface area contributed by atoms with Gasteiger partial charge < -0.3 is 9.64 Å². The molecule has 0 saturated carbocycles. The standard InChI is InChI=1S/C17H23NO2/c1-3-20-16(19)17-10-11-18(2)12-14(17)9-8-13-6-4-5-7-15(13)17/h4-7,14H,3,8-12H2,1-2H3. The van der Waals surface area contributed by atoms with Crippen molar-refractivity contribution in [1.82, 2.24) is 4.90 Å². The second kappa shape index (κ2) is 5.21. The molecular weight excluding hydrogens is 250 g/mol. The first-order chi connectivity index (χ1) is 9.68. The Bertz CT molecular complexity index is 513. The Morgan fingerprint density at radius 2 is 2.25 bits per heavy atom. The molecule has 2 atom stereocenters. The van der Waals surface area contributed by atoms with Crippen LogP contribution in [0.25, 0.3) is 0 Å². The Labute approximate surface area is 120 Å². The number of nitrogens with zero attached hydrogens (tertiary/aromatic N) is 1. The second-order valence-electron chi connectivity index (χ2n) is 6.10. The summed E-state index contributed by atoms with van der Waals surface area (Å²) in [5.74, 6) is 0.375. The number of carbonyl (C=O) groups excluding carboxylic acids is 1. The van der Waals surface area contributed by atoms with Crippen LogP contribution in [-0.2, 0) is 21.4 Å². The molecule has 0 amide bonds. The average molecular weight is 273 g/mol. The maximum absolute atomic E-state index is 12.8. The number of hydrogen-bond donors (Lipinski definition) is 0. The van der Waals surface area contributed by atoms with Gasteiger partial charge in [-0.25, -0.2) is 0 Å². The van der Waals surface area contributed by atoms with Gasteiger partial charge in [-0.05, 0) is 56.8 Å². The first-order valence-electron chi connectivity index (χ1n) is 7.62. The van der Waals surface area contributed by atoms with Gasteiger partial charge in [0.2, 0.25) is 0 Å². The SMILES string of the molecule is CCOC(=O)C12CCN(C)CC1CCc1ccccc12. The van der Waals surface area contributed by atoms with Crippen LogP contribution in [0.15, 0.2) is 24.3 Å². The summed E-state index contributed by atoms with van der Waals surface area (Å²) in [7, 11) is 2.15. The van der Waals surface area contributed by atoms with Crippen LogP contribution in [0.5, 0.6) is 0 Å². The Morgan fingerprint density at radius 3 is 3.05 bits per heavy atom. The lowest BCUT2D eigenvalue weighted by atomic mass is 9.60. The highest BCUT2D eigenvalue weighted by molar-refractivity contribution is 5.85. The first kappa shape index (κ1) is 13.6. The van der Waals surface area contributed by atoms with Crippen LogP contribution in [0.3, 0.4) is 0 Å². The van der Waals surface area contributed by atoms with Gasteiger partial charge in [-0.15, -0.1) is 0 Å². The van der Waals surface area contributed by atoms with Gasteiger partial charge in [0.05, 0.1) is 12.0 Å². The van der Waals surface area contributed by atoms with Gasteiger partial charge in [0, 0.05) is 6.54 Å². The minimum absolute atomic E-state index is 0.00903. The Morgan fingerprint density at radius 1 is 1.45 bits per heavy atom. The van der Waals surface area contributed by atoms with Crippen molar-refractivity contribution in [2.75, 3.05) is 26.7 Å². The zero-order chi connectivity index (χ0) is 14.2. The van der Waals surface area contributed by atoms with Crippen LogP contribution >= 0.6 is 0 Å². The van der Waals surface area contributed by atoms with Crippen molar-refractivity contribution in [3.63, 3.8) is 0 Å². The molecule has 0 spiro atoms. The highest BCUT2D eigenvalue weighted by Gasteiger charge is 2.53. The molecule has 1 aliphatic carbocycles. The maximum atomic E-state index is 12.8. The number of rotatable bonds is 2. The van der Waals surface area contributed by atoms with E-state index in [2.05, 4.69) is 36.2 Å². The summed E-state index contributed by atoms with van der Waals surface area (Å²) < 4.78 is 5.48. The molecule has 0 bridgehead atoms. The summed E-state index contributed by atoms with van der Waals surface area (Å²) in [5.41, 5.74) is 2.15. The fourth-order valence-corrected chi connectivity index (χ4v) is 4.03. The van der Waals surface area contributed by atoms with Crippen LogP contribution in [-0.4, -0.2) is 37.6 Å². The summed E-state index contributed by atoms with van der Waals surface area (Å²) >= 11 is 0. The molecule has 108 valence electrons. The average Bonchev–Trinajstić information content (AvgIpc) is 2.47. The molecule has 20 heavy (non-hydrogen) atoms. The van der Waals surface area contributed by atoms with E-state index < -0.39 is 5.41 Å². The van der Waals surface area contributed by atoms with Crippen molar-refractivity contribution in [3.05, 3.63) is 35.4 Å². The van der Waals surface area contributed by atoms with Gasteiger partial charge in [-0.2, -0.15) is 0 Å². The van der Waals surface area contributed by atoms with Crippen molar-refractivity contribution in [1.29, 1.82) is 0 Å². The summed E-state index contributed by atoms with van der Waals surface area (Å²) in [4.78, 5) is 15.1. The zero-order valence-corrected chi connectivity index (χ0v) is 12.4. The number of piperidine rings is 1. The first-order valence-corrected chi connectivity index (χ1v) is 7.62. The molecule has 1 aromatic carbocycles. The van der Waals surface area contributed by atoms with Gasteiger partial charge in [0.1, 0.15) is 0 Å². The van der Waals surface area contributed by atoms with Gasteiger partial charge >= 0.3 is 5.97 Å². The fourth-order valence-electron chi connectivity index (χ4n) is 4.03. The van der Waals surface area contributed by atoms with Crippen molar-refractivity contribution in [2.45, 2.75) is 31.6 Å². The normalized spacial score (nSPS) is 29.4. The number of carbonyl (C=O) groups is 1. The smallest absolute Gasteiger partial charge is 0.316 e. The van der Waals surface area contributed by atoms with Crippen molar-refractivity contribution in [2.24, 2.45) is 5.92 Å². The van der Waals surface area contributed by atoms with E-state index in [1.54, 1.807) is 0 Å². The Balaban J connectivity index is 2.09. The van der Waals surface area contributed by atoms with Crippen LogP contribution in [0.4, 0.5) is 0 Å². The Kier molecular flexibility index (Phi) is 3.55. The summed E-state index contributed by atoms with van der Waals surface area (Å²) in [6.07, 6.45) is 3.04. The molecule has 1 heterocycles. The number of hydrogen-bond acceptors (Lipinski definition) is 3. The van der Waals surface area contributed by atoms with E-state index in [0.717, 1.165) is 32.4 Å². The molecule has 1 saturated heterocycles. The molecule has 3 heteroatoms. The monoisotopic (exact) mass is 273 g/mol. The highest BCUT2D eigenvalue weighted by Crippen LogP contribution is 2.47. The van der Waals surface area contributed by atoms with Crippen molar-refractivity contribution in [3.8, 4) is 0 Å². The van der Waals surface area contributed by atoms with Gasteiger partial charge in [-0.1, -0.05) is 24.3 Å². The number of fused-ring (bicyclic) bond motifs is 3. The number of esters is 1. The lowest BCUT2D eigenvalue weighted by Gasteiger charge is -2.48. The fraction of sp³-hybridized carbons (Fsp3) is 0.588. The molecule has 2 aliphatic rings. The van der Waals surface area contributed by atoms with Crippen LogP contribution in [0, 0.1) is 5.92 Å². The van der Waals surface area contributed by atoms with Crippen molar-refractivity contribution < 1.29 is 9.53 Å². The Hall–Kier alpha value is -1.35. The maximum Gasteiger partial charge on any atom is 0.316 e. The van der Waals surface area contributed by atoms with Gasteiger partial charge in [0.25, 0.3) is 0 Å². The molecule has 2 unspecified atom stereocenters. The summed E-state index contributed by atoms with van der Waals surface area (Å²) in [6, 6.07) is 8.45. The van der Waals surface area contributed by atoms with E-state index in [9.17, 15) is 4.79 Å². The quantitative estimate of drug-likeness (QED) is 0.775. The third-order valence-electron chi connectivity index (χ3n) is 5.02. The lowest BCUT2D eigenvalue weighted by molar-refractivity contribution is -0.156. The third kappa shape index (κ3) is 1.96. The highest BCUT2D eigenvalue weighted by atomic mass is 16.5. The minimum atomic E-state index is -0.405. The predicted molar refractivity (Wildman–Crippen MR) is 78.7 cm³/mol. The molecule has 0 radical (unpaired) electrons. The van der Waals surface area contributed by atoms with E-state index in [1.165, 1.54) is 11.1 Å². The molecule has 3 rings (SSSR count). The number of aryl methyl sites for hydroxylation is 1. The van der Waals surface area contributed by atoms with E-state index in [4.69, 9.17) is 4.74 Å². The van der Waals surface area contributed by atoms with Crippen LogP contribution in [0.1, 0.15) is 30.9 Å².